The van der Waals surface area contributed by atoms with Crippen molar-refractivity contribution in [3.63, 3.8) is 0 Å². The fourth-order valence-corrected chi connectivity index (χ4v) is 4.52. The van der Waals surface area contributed by atoms with Crippen molar-refractivity contribution < 1.29 is 18.6 Å². The van der Waals surface area contributed by atoms with Gasteiger partial charge in [-0.25, -0.2) is 4.39 Å². The molecule has 1 saturated heterocycles. The molecule has 0 saturated carbocycles. The second-order valence-electron chi connectivity index (χ2n) is 8.38. The number of halogens is 1. The van der Waals surface area contributed by atoms with Gasteiger partial charge in [0, 0.05) is 31.7 Å². The summed E-state index contributed by atoms with van der Waals surface area (Å²) in [5.74, 6) is 0.423. The molecule has 2 aliphatic rings. The topological polar surface area (TPSA) is 74.5 Å². The standard InChI is InChI=1S/C25H24FN5O3/c26-20-14-22-25(28-24(20)34-16-17-4-2-1-3-5-17)33-13-10-30(22)23-19-15-27-9-6-21(19)31(29-23)18-7-11-32-12-8-18/h1-6,9,14-15,18H,7-8,10-13,16H2. The molecule has 1 fully saturated rings. The fourth-order valence-electron chi connectivity index (χ4n) is 4.52. The van der Waals surface area contributed by atoms with Gasteiger partial charge in [0.25, 0.3) is 5.88 Å². The van der Waals surface area contributed by atoms with Crippen LogP contribution >= 0.6 is 0 Å². The molecule has 0 unspecified atom stereocenters. The molecular weight excluding hydrogens is 437 g/mol. The first-order chi connectivity index (χ1) is 16.8. The third-order valence-corrected chi connectivity index (χ3v) is 6.23. The molecule has 0 aliphatic carbocycles. The van der Waals surface area contributed by atoms with Crippen LogP contribution in [0.5, 0.6) is 11.8 Å². The van der Waals surface area contributed by atoms with E-state index < -0.39 is 5.82 Å². The lowest BCUT2D eigenvalue weighted by Crippen LogP contribution is -2.30. The highest BCUT2D eigenvalue weighted by Gasteiger charge is 2.29. The van der Waals surface area contributed by atoms with Gasteiger partial charge in [-0.1, -0.05) is 30.3 Å². The molecule has 4 aromatic rings. The predicted octanol–water partition coefficient (Wildman–Crippen LogP) is 4.43. The lowest BCUT2D eigenvalue weighted by atomic mass is 10.1. The van der Waals surface area contributed by atoms with Crippen LogP contribution in [0.3, 0.4) is 0 Å². The zero-order chi connectivity index (χ0) is 22.9. The molecule has 8 nitrogen and oxygen atoms in total. The smallest absolute Gasteiger partial charge is 0.254 e. The largest absolute Gasteiger partial charge is 0.474 e. The highest BCUT2D eigenvalue weighted by atomic mass is 19.1. The van der Waals surface area contributed by atoms with E-state index in [2.05, 4.69) is 14.6 Å². The second kappa shape index (κ2) is 8.90. The Labute approximate surface area is 195 Å². The highest BCUT2D eigenvalue weighted by Crippen LogP contribution is 2.41. The van der Waals surface area contributed by atoms with E-state index in [1.165, 1.54) is 6.07 Å². The minimum Gasteiger partial charge on any atom is -0.474 e. The monoisotopic (exact) mass is 461 g/mol. The van der Waals surface area contributed by atoms with Crippen molar-refractivity contribution in [3.05, 3.63) is 66.2 Å². The Balaban J connectivity index is 1.35. The number of benzene rings is 1. The molecule has 3 aromatic heterocycles. The molecule has 0 radical (unpaired) electrons. The van der Waals surface area contributed by atoms with Crippen molar-refractivity contribution in [2.24, 2.45) is 0 Å². The van der Waals surface area contributed by atoms with Gasteiger partial charge < -0.3 is 19.1 Å². The second-order valence-corrected chi connectivity index (χ2v) is 8.38. The number of aromatic nitrogens is 4. The number of hydrogen-bond donors (Lipinski definition) is 0. The molecule has 6 rings (SSSR count). The third-order valence-electron chi connectivity index (χ3n) is 6.23. The summed E-state index contributed by atoms with van der Waals surface area (Å²) in [6, 6.07) is 13.2. The molecule has 9 heteroatoms. The van der Waals surface area contributed by atoms with Gasteiger partial charge in [-0.15, -0.1) is 0 Å². The van der Waals surface area contributed by atoms with Crippen LogP contribution in [0.25, 0.3) is 10.9 Å². The van der Waals surface area contributed by atoms with Crippen LogP contribution in [0.2, 0.25) is 0 Å². The quantitative estimate of drug-likeness (QED) is 0.435. The molecule has 0 bridgehead atoms. The van der Waals surface area contributed by atoms with Gasteiger partial charge in [0.05, 0.1) is 23.5 Å². The van der Waals surface area contributed by atoms with E-state index in [-0.39, 0.29) is 18.5 Å². The van der Waals surface area contributed by atoms with E-state index >= 15 is 4.39 Å². The Morgan fingerprint density at radius 2 is 1.94 bits per heavy atom. The van der Waals surface area contributed by atoms with Crippen molar-refractivity contribution in [1.29, 1.82) is 0 Å². The Morgan fingerprint density at radius 1 is 1.09 bits per heavy atom. The van der Waals surface area contributed by atoms with Crippen LogP contribution in [0.15, 0.2) is 54.9 Å². The molecule has 34 heavy (non-hydrogen) atoms. The van der Waals surface area contributed by atoms with E-state index in [0.29, 0.717) is 37.9 Å². The zero-order valence-electron chi connectivity index (χ0n) is 18.6. The SMILES string of the molecule is Fc1cc2c(nc1OCc1ccccc1)OCCN2c1nn(C2CCOCC2)c2ccncc12. The summed E-state index contributed by atoms with van der Waals surface area (Å²) in [4.78, 5) is 10.6. The van der Waals surface area contributed by atoms with Gasteiger partial charge in [-0.05, 0) is 24.5 Å². The van der Waals surface area contributed by atoms with E-state index in [1.807, 2.05) is 47.5 Å². The van der Waals surface area contributed by atoms with Gasteiger partial charge in [0.2, 0.25) is 5.88 Å². The lowest BCUT2D eigenvalue weighted by Gasteiger charge is -2.29. The van der Waals surface area contributed by atoms with Gasteiger partial charge in [0.15, 0.2) is 11.6 Å². The number of hydrogen-bond acceptors (Lipinski definition) is 7. The molecule has 2 aliphatic heterocycles. The Hall–Kier alpha value is -3.72. The zero-order valence-corrected chi connectivity index (χ0v) is 18.6. The van der Waals surface area contributed by atoms with Gasteiger partial charge in [-0.3, -0.25) is 9.67 Å². The first-order valence-corrected chi connectivity index (χ1v) is 11.5. The summed E-state index contributed by atoms with van der Waals surface area (Å²) in [6.45, 7) is 2.57. The number of rotatable bonds is 5. The van der Waals surface area contributed by atoms with Crippen LogP contribution in [0.4, 0.5) is 15.9 Å². The molecule has 0 atom stereocenters. The van der Waals surface area contributed by atoms with Crippen molar-refractivity contribution >= 4 is 22.4 Å². The molecule has 0 N–H and O–H groups in total. The van der Waals surface area contributed by atoms with Gasteiger partial charge in [-0.2, -0.15) is 10.1 Å². The van der Waals surface area contributed by atoms with Crippen LogP contribution in [-0.2, 0) is 11.3 Å². The fraction of sp³-hybridized carbons (Fsp3) is 0.320. The maximum absolute atomic E-state index is 15.1. The first-order valence-electron chi connectivity index (χ1n) is 11.5. The molecule has 0 amide bonds. The molecule has 0 spiro atoms. The van der Waals surface area contributed by atoms with Gasteiger partial charge in [0.1, 0.15) is 18.9 Å². The van der Waals surface area contributed by atoms with Crippen LogP contribution in [0.1, 0.15) is 24.4 Å². The maximum atomic E-state index is 15.1. The van der Waals surface area contributed by atoms with Crippen LogP contribution in [0, 0.1) is 5.82 Å². The van der Waals surface area contributed by atoms with Gasteiger partial charge >= 0.3 is 0 Å². The predicted molar refractivity (Wildman–Crippen MR) is 124 cm³/mol. The third kappa shape index (κ3) is 3.81. The minimum atomic E-state index is -0.545. The number of fused-ring (bicyclic) bond motifs is 2. The van der Waals surface area contributed by atoms with Crippen molar-refractivity contribution in [2.45, 2.75) is 25.5 Å². The number of anilines is 2. The Bertz CT molecular complexity index is 1310. The first kappa shape index (κ1) is 20.9. The molecule has 5 heterocycles. The average Bonchev–Trinajstić information content (AvgIpc) is 3.28. The summed E-state index contributed by atoms with van der Waals surface area (Å²) in [5, 5.41) is 5.88. The Morgan fingerprint density at radius 3 is 2.79 bits per heavy atom. The van der Waals surface area contributed by atoms with E-state index in [4.69, 9.17) is 19.3 Å². The average molecular weight is 461 g/mol. The Kier molecular flexibility index (Phi) is 5.46. The number of pyridine rings is 2. The van der Waals surface area contributed by atoms with Crippen molar-refractivity contribution in [1.82, 2.24) is 19.7 Å². The van der Waals surface area contributed by atoms with E-state index in [9.17, 15) is 0 Å². The maximum Gasteiger partial charge on any atom is 0.254 e. The van der Waals surface area contributed by atoms with Crippen LogP contribution in [-0.4, -0.2) is 46.1 Å². The highest BCUT2D eigenvalue weighted by molar-refractivity contribution is 5.92. The molecule has 1 aromatic carbocycles. The molecular formula is C25H24FN5O3. The minimum absolute atomic E-state index is 0.0799. The summed E-state index contributed by atoms with van der Waals surface area (Å²) in [7, 11) is 0. The molecule has 174 valence electrons. The summed E-state index contributed by atoms with van der Waals surface area (Å²) in [5.41, 5.74) is 2.46. The van der Waals surface area contributed by atoms with E-state index in [1.54, 1.807) is 6.20 Å². The van der Waals surface area contributed by atoms with Crippen LogP contribution < -0.4 is 14.4 Å². The lowest BCUT2D eigenvalue weighted by molar-refractivity contribution is 0.0675. The van der Waals surface area contributed by atoms with Crippen molar-refractivity contribution in [2.75, 3.05) is 31.3 Å². The summed E-state index contributed by atoms with van der Waals surface area (Å²) in [6.07, 6.45) is 5.38. The summed E-state index contributed by atoms with van der Waals surface area (Å²) < 4.78 is 34.1. The summed E-state index contributed by atoms with van der Waals surface area (Å²) >= 11 is 0. The number of nitrogens with zero attached hydrogens (tertiary/aromatic N) is 5. The van der Waals surface area contributed by atoms with Crippen molar-refractivity contribution in [3.8, 4) is 11.8 Å². The van der Waals surface area contributed by atoms with E-state index in [0.717, 1.165) is 35.1 Å². The number of ether oxygens (including phenoxy) is 3. The normalized spacial score (nSPS) is 16.3.